The van der Waals surface area contributed by atoms with Crippen molar-refractivity contribution in [1.29, 1.82) is 0 Å². The molecule has 3 aromatic carbocycles. The summed E-state index contributed by atoms with van der Waals surface area (Å²) in [5.74, 6) is -0.372. The van der Waals surface area contributed by atoms with E-state index in [0.717, 1.165) is 20.6 Å². The average molecular weight is 403 g/mol. The van der Waals surface area contributed by atoms with E-state index in [1.807, 2.05) is 42.5 Å². The molecule has 5 nitrogen and oxygen atoms in total. The molecule has 0 saturated carbocycles. The monoisotopic (exact) mass is 402 g/mol. The first-order valence-corrected chi connectivity index (χ1v) is 10.1. The standard InChI is InChI=1S/C20H19ClN2O3S/c1-23(27(25,26)19-10-8-18(21)9-11-19)14-20(24)22-13-15-6-7-16-4-2-3-5-17(16)12-15/h2-12H,13-14H2,1H3,(H,22,24). The van der Waals surface area contributed by atoms with Gasteiger partial charge in [-0.1, -0.05) is 48.0 Å². The third-order valence-electron chi connectivity index (χ3n) is 4.19. The van der Waals surface area contributed by atoms with Gasteiger partial charge in [-0.3, -0.25) is 4.79 Å². The number of sulfonamides is 1. The van der Waals surface area contributed by atoms with Crippen LogP contribution in [0.2, 0.25) is 5.02 Å². The van der Waals surface area contributed by atoms with Crippen LogP contribution in [-0.4, -0.2) is 32.2 Å². The van der Waals surface area contributed by atoms with Crippen LogP contribution in [0.4, 0.5) is 0 Å². The molecule has 7 heteroatoms. The number of hydrogen-bond acceptors (Lipinski definition) is 3. The quantitative estimate of drug-likeness (QED) is 0.686. The van der Waals surface area contributed by atoms with Gasteiger partial charge < -0.3 is 5.32 Å². The Morgan fingerprint density at radius 3 is 2.37 bits per heavy atom. The van der Waals surface area contributed by atoms with E-state index in [-0.39, 0.29) is 17.3 Å². The highest BCUT2D eigenvalue weighted by Crippen LogP contribution is 2.18. The van der Waals surface area contributed by atoms with E-state index in [1.54, 1.807) is 0 Å². The fourth-order valence-electron chi connectivity index (χ4n) is 2.68. The molecule has 3 rings (SSSR count). The summed E-state index contributed by atoms with van der Waals surface area (Å²) in [6.07, 6.45) is 0. The number of fused-ring (bicyclic) bond motifs is 1. The van der Waals surface area contributed by atoms with Gasteiger partial charge in [-0.2, -0.15) is 4.31 Å². The van der Waals surface area contributed by atoms with Gasteiger partial charge in [-0.05, 0) is 46.7 Å². The zero-order chi connectivity index (χ0) is 19.4. The molecule has 0 aliphatic carbocycles. The fourth-order valence-corrected chi connectivity index (χ4v) is 3.93. The molecule has 1 amide bonds. The van der Waals surface area contributed by atoms with E-state index in [0.29, 0.717) is 11.6 Å². The molecule has 0 fully saturated rings. The van der Waals surface area contributed by atoms with Crippen LogP contribution in [0.1, 0.15) is 5.56 Å². The van der Waals surface area contributed by atoms with Crippen molar-refractivity contribution in [1.82, 2.24) is 9.62 Å². The summed E-state index contributed by atoms with van der Waals surface area (Å²) in [6.45, 7) is 0.0665. The summed E-state index contributed by atoms with van der Waals surface area (Å²) in [7, 11) is -2.37. The predicted molar refractivity (Wildman–Crippen MR) is 107 cm³/mol. The van der Waals surface area contributed by atoms with E-state index in [9.17, 15) is 13.2 Å². The lowest BCUT2D eigenvalue weighted by Crippen LogP contribution is -2.38. The second-order valence-corrected chi connectivity index (χ2v) is 8.65. The summed E-state index contributed by atoms with van der Waals surface area (Å²) in [6, 6.07) is 19.7. The summed E-state index contributed by atoms with van der Waals surface area (Å²) in [5, 5.41) is 5.43. The predicted octanol–water partition coefficient (Wildman–Crippen LogP) is 3.43. The Hall–Kier alpha value is -2.41. The van der Waals surface area contributed by atoms with E-state index in [4.69, 9.17) is 11.6 Å². The lowest BCUT2D eigenvalue weighted by Gasteiger charge is -2.17. The number of carbonyl (C=O) groups excluding carboxylic acids is 1. The van der Waals surface area contributed by atoms with Gasteiger partial charge in [0.25, 0.3) is 0 Å². The van der Waals surface area contributed by atoms with Crippen LogP contribution in [0.3, 0.4) is 0 Å². The topological polar surface area (TPSA) is 66.5 Å². The second kappa shape index (κ2) is 8.08. The van der Waals surface area contributed by atoms with Crippen LogP contribution in [0.25, 0.3) is 10.8 Å². The third-order valence-corrected chi connectivity index (χ3v) is 6.26. The van der Waals surface area contributed by atoms with Crippen LogP contribution in [0.15, 0.2) is 71.6 Å². The molecule has 3 aromatic rings. The Bertz CT molecular complexity index is 1070. The van der Waals surface area contributed by atoms with Crippen molar-refractivity contribution in [2.24, 2.45) is 0 Å². The van der Waals surface area contributed by atoms with Gasteiger partial charge in [0.2, 0.25) is 15.9 Å². The molecule has 0 aliphatic rings. The Morgan fingerprint density at radius 1 is 1.00 bits per heavy atom. The smallest absolute Gasteiger partial charge is 0.243 e. The Labute approximate surface area is 163 Å². The van der Waals surface area contributed by atoms with Crippen LogP contribution in [0, 0.1) is 0 Å². The highest BCUT2D eigenvalue weighted by atomic mass is 35.5. The van der Waals surface area contributed by atoms with Gasteiger partial charge in [0.15, 0.2) is 0 Å². The molecular weight excluding hydrogens is 384 g/mol. The van der Waals surface area contributed by atoms with Crippen LogP contribution in [-0.2, 0) is 21.4 Å². The van der Waals surface area contributed by atoms with Crippen LogP contribution >= 0.6 is 11.6 Å². The van der Waals surface area contributed by atoms with Crippen molar-refractivity contribution in [3.8, 4) is 0 Å². The molecule has 27 heavy (non-hydrogen) atoms. The summed E-state index contributed by atoms with van der Waals surface area (Å²) in [4.78, 5) is 12.3. The number of nitrogens with zero attached hydrogens (tertiary/aromatic N) is 1. The van der Waals surface area contributed by atoms with Gasteiger partial charge in [0.1, 0.15) is 0 Å². The van der Waals surface area contributed by atoms with Crippen molar-refractivity contribution in [2.75, 3.05) is 13.6 Å². The molecule has 0 aromatic heterocycles. The fraction of sp³-hybridized carbons (Fsp3) is 0.150. The number of hydrogen-bond donors (Lipinski definition) is 1. The Balaban J connectivity index is 1.61. The molecule has 0 aliphatic heterocycles. The maximum atomic E-state index is 12.5. The minimum absolute atomic E-state index is 0.0942. The number of benzene rings is 3. The van der Waals surface area contributed by atoms with E-state index < -0.39 is 10.0 Å². The van der Waals surface area contributed by atoms with Crippen molar-refractivity contribution in [3.05, 3.63) is 77.3 Å². The average Bonchev–Trinajstić information content (AvgIpc) is 2.66. The first-order chi connectivity index (χ1) is 12.9. The Kier molecular flexibility index (Phi) is 5.79. The maximum absolute atomic E-state index is 12.5. The molecule has 0 radical (unpaired) electrons. The second-order valence-electron chi connectivity index (χ2n) is 6.17. The minimum Gasteiger partial charge on any atom is -0.351 e. The normalized spacial score (nSPS) is 11.7. The lowest BCUT2D eigenvalue weighted by molar-refractivity contribution is -0.121. The van der Waals surface area contributed by atoms with Gasteiger partial charge in [-0.15, -0.1) is 0 Å². The number of halogens is 1. The van der Waals surface area contributed by atoms with Crippen molar-refractivity contribution in [3.63, 3.8) is 0 Å². The molecule has 0 heterocycles. The molecule has 0 spiro atoms. The number of nitrogens with one attached hydrogen (secondary N) is 1. The van der Waals surface area contributed by atoms with E-state index in [1.165, 1.54) is 31.3 Å². The molecule has 1 N–H and O–H groups in total. The van der Waals surface area contributed by atoms with E-state index in [2.05, 4.69) is 5.32 Å². The molecule has 0 atom stereocenters. The molecule has 0 unspecified atom stereocenters. The van der Waals surface area contributed by atoms with Crippen LogP contribution < -0.4 is 5.32 Å². The zero-order valence-electron chi connectivity index (χ0n) is 14.7. The summed E-state index contributed by atoms with van der Waals surface area (Å²) in [5.41, 5.74) is 0.949. The zero-order valence-corrected chi connectivity index (χ0v) is 16.3. The first-order valence-electron chi connectivity index (χ1n) is 8.32. The summed E-state index contributed by atoms with van der Waals surface area (Å²) >= 11 is 5.79. The molecular formula is C20H19ClN2O3S. The van der Waals surface area contributed by atoms with E-state index >= 15 is 0 Å². The van der Waals surface area contributed by atoms with Gasteiger partial charge >= 0.3 is 0 Å². The molecule has 140 valence electrons. The molecule has 0 saturated heterocycles. The van der Waals surface area contributed by atoms with Crippen LogP contribution in [0.5, 0.6) is 0 Å². The number of likely N-dealkylation sites (N-methyl/N-ethyl adjacent to an activating group) is 1. The highest BCUT2D eigenvalue weighted by Gasteiger charge is 2.22. The van der Waals surface area contributed by atoms with Crippen molar-refractivity contribution < 1.29 is 13.2 Å². The maximum Gasteiger partial charge on any atom is 0.243 e. The lowest BCUT2D eigenvalue weighted by atomic mass is 10.1. The third kappa shape index (κ3) is 4.66. The highest BCUT2D eigenvalue weighted by molar-refractivity contribution is 7.89. The SMILES string of the molecule is CN(CC(=O)NCc1ccc2ccccc2c1)S(=O)(=O)c1ccc(Cl)cc1. The minimum atomic E-state index is -3.75. The number of carbonyl (C=O) groups is 1. The van der Waals surface area contributed by atoms with Crippen molar-refractivity contribution in [2.45, 2.75) is 11.4 Å². The largest absolute Gasteiger partial charge is 0.351 e. The number of rotatable bonds is 6. The van der Waals surface area contributed by atoms with Gasteiger partial charge in [-0.25, -0.2) is 8.42 Å². The van der Waals surface area contributed by atoms with Gasteiger partial charge in [0.05, 0.1) is 11.4 Å². The molecule has 0 bridgehead atoms. The Morgan fingerprint density at radius 2 is 1.67 bits per heavy atom. The summed E-state index contributed by atoms with van der Waals surface area (Å²) < 4.78 is 26.0. The van der Waals surface area contributed by atoms with Crippen molar-refractivity contribution >= 4 is 38.3 Å². The first kappa shape index (κ1) is 19.4. The number of amides is 1. The van der Waals surface area contributed by atoms with Gasteiger partial charge in [0, 0.05) is 18.6 Å².